The highest BCUT2D eigenvalue weighted by Gasteiger charge is 2.41. The summed E-state index contributed by atoms with van der Waals surface area (Å²) in [6.45, 7) is -0.261. The summed E-state index contributed by atoms with van der Waals surface area (Å²) in [4.78, 5) is 59.8. The summed E-state index contributed by atoms with van der Waals surface area (Å²) in [5.74, 6) is -2.06. The van der Waals surface area contributed by atoms with Crippen LogP contribution >= 0.6 is 11.3 Å². The molecule has 0 spiro atoms. The van der Waals surface area contributed by atoms with Crippen molar-refractivity contribution in [3.05, 3.63) is 58.0 Å². The number of aromatic nitrogens is 2. The van der Waals surface area contributed by atoms with Crippen LogP contribution in [0.2, 0.25) is 0 Å². The van der Waals surface area contributed by atoms with Crippen LogP contribution in [-0.2, 0) is 27.5 Å². The number of nitrogens with zero attached hydrogens (tertiary/aromatic N) is 3. The van der Waals surface area contributed by atoms with Crippen molar-refractivity contribution in [2.75, 3.05) is 0 Å². The smallest absolute Gasteiger partial charge is 0.407 e. The fraction of sp³-hybridized carbons (Fsp3) is 0.360. The molecule has 12 heteroatoms. The summed E-state index contributed by atoms with van der Waals surface area (Å²) in [5.41, 5.74) is 4.18. The van der Waals surface area contributed by atoms with Crippen molar-refractivity contribution >= 4 is 45.5 Å². The van der Waals surface area contributed by atoms with Crippen LogP contribution in [0.5, 0.6) is 0 Å². The lowest BCUT2D eigenvalue weighted by Gasteiger charge is -2.35. The molecule has 2 N–H and O–H groups in total. The lowest BCUT2D eigenvalue weighted by atomic mass is 9.76. The number of pyridine rings is 1. The van der Waals surface area contributed by atoms with E-state index in [0.29, 0.717) is 5.56 Å². The van der Waals surface area contributed by atoms with Crippen LogP contribution in [-0.4, -0.2) is 50.8 Å². The number of thiazole rings is 1. The van der Waals surface area contributed by atoms with E-state index >= 15 is 4.39 Å². The number of hydrogen-bond donors (Lipinski definition) is 2. The van der Waals surface area contributed by atoms with E-state index in [1.807, 2.05) is 6.07 Å². The van der Waals surface area contributed by atoms with Gasteiger partial charge in [0.2, 0.25) is 11.8 Å². The molecule has 1 saturated heterocycles. The second-order valence-electron chi connectivity index (χ2n) is 9.46. The molecule has 190 valence electrons. The molecule has 0 bridgehead atoms. The van der Waals surface area contributed by atoms with Gasteiger partial charge in [0.25, 0.3) is 5.91 Å². The third-order valence-corrected chi connectivity index (χ3v) is 7.97. The lowest BCUT2D eigenvalue weighted by Crippen LogP contribution is -2.52. The molecular weight excluding hydrogens is 501 g/mol. The molecule has 2 aliphatic heterocycles. The Morgan fingerprint density at radius 1 is 1.22 bits per heavy atom. The molecule has 1 aromatic carbocycles. The Kier molecular flexibility index (Phi) is 5.82. The average molecular weight is 524 g/mol. The van der Waals surface area contributed by atoms with Crippen molar-refractivity contribution in [3.63, 3.8) is 0 Å². The van der Waals surface area contributed by atoms with Crippen LogP contribution in [0.3, 0.4) is 0 Å². The number of hydrogen-bond acceptors (Lipinski definition) is 8. The second-order valence-corrected chi connectivity index (χ2v) is 10.3. The zero-order valence-electron chi connectivity index (χ0n) is 19.5. The van der Waals surface area contributed by atoms with E-state index in [1.54, 1.807) is 17.8 Å². The van der Waals surface area contributed by atoms with Gasteiger partial charge in [0, 0.05) is 30.8 Å². The number of rotatable bonds is 5. The number of amides is 4. The number of piperidine rings is 1. The number of alkyl carbamates (subject to hydrolysis) is 1. The Morgan fingerprint density at radius 3 is 2.86 bits per heavy atom. The minimum atomic E-state index is -0.826. The third-order valence-electron chi connectivity index (χ3n) is 7.24. The van der Waals surface area contributed by atoms with Gasteiger partial charge in [-0.25, -0.2) is 19.2 Å². The molecule has 4 heterocycles. The number of nitrogens with one attached hydrogen (secondary N) is 2. The van der Waals surface area contributed by atoms with Gasteiger partial charge in [-0.1, -0.05) is 12.1 Å². The van der Waals surface area contributed by atoms with Crippen molar-refractivity contribution in [1.29, 1.82) is 0 Å². The first-order valence-corrected chi connectivity index (χ1v) is 12.8. The maximum absolute atomic E-state index is 15.2. The van der Waals surface area contributed by atoms with Gasteiger partial charge in [0.1, 0.15) is 28.8 Å². The minimum Gasteiger partial charge on any atom is -0.445 e. The van der Waals surface area contributed by atoms with Crippen molar-refractivity contribution in [2.24, 2.45) is 0 Å². The van der Waals surface area contributed by atoms with Crippen LogP contribution in [0.25, 0.3) is 10.3 Å². The molecule has 37 heavy (non-hydrogen) atoms. The fourth-order valence-electron chi connectivity index (χ4n) is 5.23. The molecular formula is C25H22FN5O5S. The molecule has 2 fully saturated rings. The molecule has 6 rings (SSSR count). The first-order valence-electron chi connectivity index (χ1n) is 12.0. The first kappa shape index (κ1) is 23.5. The molecule has 1 aliphatic carbocycles. The third kappa shape index (κ3) is 4.20. The number of ether oxygens (including phenoxy) is 1. The molecule has 10 nitrogen and oxygen atoms in total. The standard InChI is InChI=1S/C25H22FN5O5S/c26-20-13(2-1-12-9-31(24(34)19(12)20)17-3-4-18(32)30-22(17)33)10-36-25(35)29-15-7-14(8-15)16-5-6-27-23-21(16)28-11-37-23/h1-2,5-6,11,14-15,17H,3-4,7-10H2,(H,29,35)(H,30,32,33). The van der Waals surface area contributed by atoms with Crippen LogP contribution < -0.4 is 10.6 Å². The van der Waals surface area contributed by atoms with Crippen molar-refractivity contribution in [2.45, 2.75) is 56.8 Å². The van der Waals surface area contributed by atoms with Gasteiger partial charge in [-0.3, -0.25) is 19.7 Å². The Morgan fingerprint density at radius 2 is 2.05 bits per heavy atom. The van der Waals surface area contributed by atoms with Gasteiger partial charge >= 0.3 is 6.09 Å². The van der Waals surface area contributed by atoms with Gasteiger partial charge in [-0.2, -0.15) is 0 Å². The highest BCUT2D eigenvalue weighted by Crippen LogP contribution is 2.40. The van der Waals surface area contributed by atoms with E-state index in [2.05, 4.69) is 20.6 Å². The highest BCUT2D eigenvalue weighted by atomic mass is 32.1. The number of halogens is 1. The summed E-state index contributed by atoms with van der Waals surface area (Å²) in [6, 6.07) is 4.15. The van der Waals surface area contributed by atoms with Crippen LogP contribution in [0.15, 0.2) is 29.9 Å². The Bertz CT molecular complexity index is 1450. The molecule has 1 atom stereocenters. The zero-order chi connectivity index (χ0) is 25.7. The van der Waals surface area contributed by atoms with Gasteiger partial charge in [0.15, 0.2) is 0 Å². The fourth-order valence-corrected chi connectivity index (χ4v) is 5.89. The predicted molar refractivity (Wildman–Crippen MR) is 129 cm³/mol. The summed E-state index contributed by atoms with van der Waals surface area (Å²) in [7, 11) is 0. The number of carbonyl (C=O) groups is 4. The van der Waals surface area contributed by atoms with Crippen LogP contribution in [0.1, 0.15) is 58.6 Å². The molecule has 0 radical (unpaired) electrons. The number of fused-ring (bicyclic) bond motifs is 2. The Balaban J connectivity index is 1.04. The predicted octanol–water partition coefficient (Wildman–Crippen LogP) is 2.76. The number of carbonyl (C=O) groups excluding carboxylic acids is 4. The SMILES string of the molecule is O=C1CCC(N2Cc3ccc(COC(=O)NC4CC(c5ccnc6scnc56)C4)c(F)c3C2=O)C(=O)N1. The largest absolute Gasteiger partial charge is 0.445 e. The molecule has 1 unspecified atom stereocenters. The van der Waals surface area contributed by atoms with Crippen molar-refractivity contribution in [3.8, 4) is 0 Å². The summed E-state index contributed by atoms with van der Waals surface area (Å²) >= 11 is 1.49. The maximum Gasteiger partial charge on any atom is 0.407 e. The molecule has 4 amide bonds. The molecule has 2 aromatic heterocycles. The Hall–Kier alpha value is -3.93. The van der Waals surface area contributed by atoms with Gasteiger partial charge in [-0.05, 0) is 42.4 Å². The van der Waals surface area contributed by atoms with Crippen LogP contribution in [0.4, 0.5) is 9.18 Å². The topological polar surface area (TPSA) is 131 Å². The van der Waals surface area contributed by atoms with E-state index in [1.165, 1.54) is 22.3 Å². The quantitative estimate of drug-likeness (QED) is 0.492. The zero-order valence-corrected chi connectivity index (χ0v) is 20.3. The van der Waals surface area contributed by atoms with Gasteiger partial charge in [0.05, 0.1) is 11.1 Å². The number of imide groups is 1. The van der Waals surface area contributed by atoms with Gasteiger partial charge in [-0.15, -0.1) is 11.3 Å². The summed E-state index contributed by atoms with van der Waals surface area (Å²) < 4.78 is 20.5. The van der Waals surface area contributed by atoms with E-state index in [-0.39, 0.29) is 55.0 Å². The minimum absolute atomic E-state index is 0.0622. The first-order chi connectivity index (χ1) is 17.9. The van der Waals surface area contributed by atoms with E-state index < -0.39 is 29.8 Å². The van der Waals surface area contributed by atoms with Crippen LogP contribution in [0, 0.1) is 5.82 Å². The summed E-state index contributed by atoms with van der Waals surface area (Å²) in [6.07, 6.45) is 2.90. The monoisotopic (exact) mass is 523 g/mol. The van der Waals surface area contributed by atoms with E-state index in [4.69, 9.17) is 4.74 Å². The molecule has 1 saturated carbocycles. The number of benzene rings is 1. The summed E-state index contributed by atoms with van der Waals surface area (Å²) in [5, 5.41) is 5.02. The Labute approximate surface area is 214 Å². The average Bonchev–Trinajstić information content (AvgIpc) is 3.46. The second kappa shape index (κ2) is 9.18. The highest BCUT2D eigenvalue weighted by molar-refractivity contribution is 7.16. The van der Waals surface area contributed by atoms with Crippen molar-refractivity contribution < 1.29 is 28.3 Å². The van der Waals surface area contributed by atoms with E-state index in [9.17, 15) is 19.2 Å². The normalized spacial score (nSPS) is 23.0. The van der Waals surface area contributed by atoms with E-state index in [0.717, 1.165) is 28.8 Å². The maximum atomic E-state index is 15.2. The molecule has 3 aromatic rings. The van der Waals surface area contributed by atoms with Crippen molar-refractivity contribution in [1.82, 2.24) is 25.5 Å². The molecule has 3 aliphatic rings. The van der Waals surface area contributed by atoms with Gasteiger partial charge < -0.3 is 15.0 Å². The lowest BCUT2D eigenvalue weighted by molar-refractivity contribution is -0.136.